The number of hydrogen-bond donors (Lipinski definition) is 1. The van der Waals surface area contributed by atoms with Crippen LogP contribution in [0.4, 0.5) is 0 Å². The van der Waals surface area contributed by atoms with Crippen LogP contribution in [0, 0.1) is 13.8 Å². The van der Waals surface area contributed by atoms with Gasteiger partial charge in [-0.25, -0.2) is 0 Å². The first-order valence-electron chi connectivity index (χ1n) is 8.60. The number of likely N-dealkylation sites (N-methyl/N-ethyl adjacent to an activating group) is 1. The van der Waals surface area contributed by atoms with Crippen molar-refractivity contribution in [3.05, 3.63) is 57.2 Å². The SMILES string of the molecule is Cc1c(CC(O)C[N+](C)(C)C)cc2c(=O)c3ccccc3sc2c1C. The molecule has 2 aromatic carbocycles. The lowest BCUT2D eigenvalue weighted by Gasteiger charge is -2.27. The van der Waals surface area contributed by atoms with E-state index < -0.39 is 6.10 Å². The summed E-state index contributed by atoms with van der Waals surface area (Å²) in [5.74, 6) is 0. The molecule has 3 aromatic rings. The summed E-state index contributed by atoms with van der Waals surface area (Å²) in [6.07, 6.45) is 0.157. The number of hydrogen-bond acceptors (Lipinski definition) is 3. The normalized spacial score (nSPS) is 13.5. The van der Waals surface area contributed by atoms with Crippen LogP contribution in [0.2, 0.25) is 0 Å². The fourth-order valence-corrected chi connectivity index (χ4v) is 4.63. The van der Waals surface area contributed by atoms with Crippen molar-refractivity contribution in [3.63, 3.8) is 0 Å². The second kappa shape index (κ2) is 6.52. The first kappa shape index (κ1) is 18.1. The zero-order valence-corrected chi connectivity index (χ0v) is 16.4. The van der Waals surface area contributed by atoms with E-state index in [1.807, 2.05) is 30.3 Å². The molecule has 132 valence electrons. The van der Waals surface area contributed by atoms with Gasteiger partial charge in [0.2, 0.25) is 0 Å². The van der Waals surface area contributed by atoms with Crippen molar-refractivity contribution < 1.29 is 9.59 Å². The third-order valence-electron chi connectivity index (χ3n) is 4.75. The molecule has 1 unspecified atom stereocenters. The summed E-state index contributed by atoms with van der Waals surface area (Å²) in [4.78, 5) is 13.0. The Kier molecular flexibility index (Phi) is 4.71. The Morgan fingerprint density at radius 2 is 1.76 bits per heavy atom. The molecule has 3 nitrogen and oxygen atoms in total. The second-order valence-corrected chi connectivity index (χ2v) is 8.97. The minimum Gasteiger partial charge on any atom is -0.387 e. The number of quaternary nitrogens is 1. The smallest absolute Gasteiger partial charge is 0.195 e. The molecule has 0 fully saturated rings. The van der Waals surface area contributed by atoms with Gasteiger partial charge in [-0.2, -0.15) is 0 Å². The maximum Gasteiger partial charge on any atom is 0.195 e. The zero-order chi connectivity index (χ0) is 18.4. The maximum atomic E-state index is 13.0. The van der Waals surface area contributed by atoms with Crippen molar-refractivity contribution in [3.8, 4) is 0 Å². The van der Waals surface area contributed by atoms with Crippen LogP contribution < -0.4 is 5.43 Å². The Labute approximate surface area is 152 Å². The van der Waals surface area contributed by atoms with E-state index in [4.69, 9.17) is 0 Å². The summed E-state index contributed by atoms with van der Waals surface area (Å²) in [7, 11) is 6.22. The highest BCUT2D eigenvalue weighted by atomic mass is 32.1. The highest BCUT2D eigenvalue weighted by Gasteiger charge is 2.19. The Hall–Kier alpha value is -1.75. The van der Waals surface area contributed by atoms with Gasteiger partial charge in [0.15, 0.2) is 5.43 Å². The van der Waals surface area contributed by atoms with Gasteiger partial charge in [0, 0.05) is 26.6 Å². The number of aryl methyl sites for hydroxylation is 1. The van der Waals surface area contributed by atoms with Crippen LogP contribution in [-0.2, 0) is 6.42 Å². The van der Waals surface area contributed by atoms with E-state index in [0.29, 0.717) is 17.4 Å². The van der Waals surface area contributed by atoms with Crippen molar-refractivity contribution in [2.45, 2.75) is 26.4 Å². The Balaban J connectivity index is 2.15. The number of rotatable bonds is 4. The van der Waals surface area contributed by atoms with Gasteiger partial charge in [0.25, 0.3) is 0 Å². The van der Waals surface area contributed by atoms with E-state index in [-0.39, 0.29) is 5.43 Å². The summed E-state index contributed by atoms with van der Waals surface area (Å²) < 4.78 is 2.80. The minimum absolute atomic E-state index is 0.0924. The van der Waals surface area contributed by atoms with E-state index in [1.54, 1.807) is 11.3 Å². The molecule has 0 radical (unpaired) electrons. The molecule has 1 atom stereocenters. The summed E-state index contributed by atoms with van der Waals surface area (Å²) in [6, 6.07) is 9.79. The lowest BCUT2D eigenvalue weighted by atomic mass is 9.96. The van der Waals surface area contributed by atoms with E-state index in [2.05, 4.69) is 35.0 Å². The Bertz CT molecular complexity index is 999. The minimum atomic E-state index is -0.421. The van der Waals surface area contributed by atoms with Gasteiger partial charge in [-0.1, -0.05) is 12.1 Å². The van der Waals surface area contributed by atoms with Gasteiger partial charge in [-0.3, -0.25) is 4.79 Å². The predicted octanol–water partition coefficient (Wildman–Crippen LogP) is 3.64. The van der Waals surface area contributed by atoms with Crippen LogP contribution in [0.15, 0.2) is 35.1 Å². The Morgan fingerprint density at radius 1 is 1.08 bits per heavy atom. The van der Waals surface area contributed by atoms with E-state index in [0.717, 1.165) is 31.3 Å². The molecule has 1 aromatic heterocycles. The molecular formula is C21H26NO2S+. The number of aliphatic hydroxyl groups excluding tert-OH is 1. The van der Waals surface area contributed by atoms with E-state index >= 15 is 0 Å². The maximum absolute atomic E-state index is 13.0. The fourth-order valence-electron chi connectivity index (χ4n) is 3.42. The molecule has 1 N–H and O–H groups in total. The first-order valence-corrected chi connectivity index (χ1v) is 9.42. The second-order valence-electron chi connectivity index (χ2n) is 7.92. The van der Waals surface area contributed by atoms with Crippen molar-refractivity contribution >= 4 is 31.5 Å². The van der Waals surface area contributed by atoms with Crippen molar-refractivity contribution in [2.75, 3.05) is 27.7 Å². The number of nitrogens with zero attached hydrogens (tertiary/aromatic N) is 1. The monoisotopic (exact) mass is 356 g/mol. The highest BCUT2D eigenvalue weighted by Crippen LogP contribution is 2.31. The van der Waals surface area contributed by atoms with Crippen LogP contribution >= 0.6 is 11.3 Å². The first-order chi connectivity index (χ1) is 11.7. The number of fused-ring (bicyclic) bond motifs is 2. The molecule has 25 heavy (non-hydrogen) atoms. The van der Waals surface area contributed by atoms with Gasteiger partial charge in [-0.15, -0.1) is 11.3 Å². The highest BCUT2D eigenvalue weighted by molar-refractivity contribution is 7.24. The summed E-state index contributed by atoms with van der Waals surface area (Å²) in [6.45, 7) is 4.86. The molecule has 0 amide bonds. The van der Waals surface area contributed by atoms with Gasteiger partial charge >= 0.3 is 0 Å². The average molecular weight is 357 g/mol. The van der Waals surface area contributed by atoms with Crippen molar-refractivity contribution in [1.29, 1.82) is 0 Å². The molecule has 0 aliphatic heterocycles. The zero-order valence-electron chi connectivity index (χ0n) is 15.6. The molecular weight excluding hydrogens is 330 g/mol. The van der Waals surface area contributed by atoms with Gasteiger partial charge in [0.05, 0.1) is 21.1 Å². The fraction of sp³-hybridized carbons (Fsp3) is 0.381. The molecule has 0 spiro atoms. The van der Waals surface area contributed by atoms with Crippen LogP contribution in [-0.4, -0.2) is 43.4 Å². The molecule has 1 heterocycles. The Morgan fingerprint density at radius 3 is 2.44 bits per heavy atom. The molecule has 0 saturated heterocycles. The summed E-state index contributed by atoms with van der Waals surface area (Å²) >= 11 is 1.68. The topological polar surface area (TPSA) is 37.3 Å². The lowest BCUT2D eigenvalue weighted by Crippen LogP contribution is -2.42. The molecule has 0 bridgehead atoms. The lowest BCUT2D eigenvalue weighted by molar-refractivity contribution is -0.873. The number of benzene rings is 2. The third-order valence-corrected chi connectivity index (χ3v) is 6.06. The summed E-state index contributed by atoms with van der Waals surface area (Å²) in [5, 5.41) is 12.0. The van der Waals surface area contributed by atoms with Crippen LogP contribution in [0.25, 0.3) is 20.2 Å². The van der Waals surface area contributed by atoms with Crippen LogP contribution in [0.5, 0.6) is 0 Å². The van der Waals surface area contributed by atoms with Gasteiger partial charge < -0.3 is 9.59 Å². The molecule has 4 heteroatoms. The van der Waals surface area contributed by atoms with E-state index in [9.17, 15) is 9.90 Å². The third kappa shape index (κ3) is 3.61. The van der Waals surface area contributed by atoms with Gasteiger partial charge in [0.1, 0.15) is 12.6 Å². The summed E-state index contributed by atoms with van der Waals surface area (Å²) in [5.41, 5.74) is 3.50. The average Bonchev–Trinajstić information content (AvgIpc) is 2.52. The molecule has 0 aliphatic carbocycles. The van der Waals surface area contributed by atoms with Crippen LogP contribution in [0.1, 0.15) is 16.7 Å². The standard InChI is InChI=1S/C21H26NO2S/c1-13-14(2)21-18(11-15(13)10-16(23)12-22(3,4)5)20(24)17-8-6-7-9-19(17)25-21/h6-9,11,16,23H,10,12H2,1-5H3/q+1. The molecule has 3 rings (SSSR count). The number of aliphatic hydroxyl groups is 1. The van der Waals surface area contributed by atoms with Crippen LogP contribution in [0.3, 0.4) is 0 Å². The van der Waals surface area contributed by atoms with Crippen molar-refractivity contribution in [1.82, 2.24) is 0 Å². The molecule has 0 aliphatic rings. The van der Waals surface area contributed by atoms with E-state index in [1.165, 1.54) is 5.56 Å². The van der Waals surface area contributed by atoms with Gasteiger partial charge in [-0.05, 0) is 48.7 Å². The quantitative estimate of drug-likeness (QED) is 0.572. The molecule has 0 saturated carbocycles. The largest absolute Gasteiger partial charge is 0.387 e. The predicted molar refractivity (Wildman–Crippen MR) is 108 cm³/mol. The van der Waals surface area contributed by atoms with Crippen molar-refractivity contribution in [2.24, 2.45) is 0 Å².